The standard InChI is InChI=1S/C11H19N3O4S/c1-19(17,18)14-6-4-8(5-7-14)12-11(16)9-2-3-10(15)13-9/h8-9H,2-7H2,1H3,(H,12,16)(H,13,15)/t9-/m0/s1. The van der Waals surface area contributed by atoms with Crippen LogP contribution in [0.4, 0.5) is 0 Å². The molecule has 2 fully saturated rings. The number of nitrogens with one attached hydrogen (secondary N) is 2. The summed E-state index contributed by atoms with van der Waals surface area (Å²) in [5.74, 6) is -0.254. The molecule has 2 saturated heterocycles. The predicted octanol–water partition coefficient (Wildman–Crippen LogP) is -1.19. The molecule has 0 aromatic rings. The van der Waals surface area contributed by atoms with E-state index in [0.717, 1.165) is 0 Å². The summed E-state index contributed by atoms with van der Waals surface area (Å²) in [5, 5.41) is 5.50. The van der Waals surface area contributed by atoms with E-state index in [1.54, 1.807) is 0 Å². The largest absolute Gasteiger partial charge is 0.351 e. The lowest BCUT2D eigenvalue weighted by molar-refractivity contribution is -0.126. The topological polar surface area (TPSA) is 95.6 Å². The maximum atomic E-state index is 11.9. The van der Waals surface area contributed by atoms with Crippen molar-refractivity contribution in [3.63, 3.8) is 0 Å². The van der Waals surface area contributed by atoms with Crippen molar-refractivity contribution < 1.29 is 18.0 Å². The van der Waals surface area contributed by atoms with Crippen LogP contribution in [0.5, 0.6) is 0 Å². The van der Waals surface area contributed by atoms with E-state index in [0.29, 0.717) is 38.8 Å². The molecular weight excluding hydrogens is 270 g/mol. The van der Waals surface area contributed by atoms with Crippen LogP contribution >= 0.6 is 0 Å². The summed E-state index contributed by atoms with van der Waals surface area (Å²) in [5.41, 5.74) is 0. The van der Waals surface area contributed by atoms with E-state index in [1.165, 1.54) is 10.6 Å². The molecule has 0 radical (unpaired) electrons. The Hall–Kier alpha value is -1.15. The molecule has 8 heteroatoms. The van der Waals surface area contributed by atoms with E-state index in [-0.39, 0.29) is 17.9 Å². The molecule has 2 rings (SSSR count). The minimum absolute atomic E-state index is 0.0111. The number of rotatable bonds is 3. The average molecular weight is 289 g/mol. The van der Waals surface area contributed by atoms with Crippen molar-refractivity contribution in [2.24, 2.45) is 0 Å². The zero-order valence-corrected chi connectivity index (χ0v) is 11.7. The number of nitrogens with zero attached hydrogens (tertiary/aromatic N) is 1. The van der Waals surface area contributed by atoms with E-state index in [2.05, 4.69) is 10.6 Å². The monoisotopic (exact) mass is 289 g/mol. The fourth-order valence-corrected chi connectivity index (χ4v) is 3.32. The SMILES string of the molecule is CS(=O)(=O)N1CCC(NC(=O)[C@@H]2CCC(=O)N2)CC1. The molecule has 2 N–H and O–H groups in total. The fourth-order valence-electron chi connectivity index (χ4n) is 2.44. The highest BCUT2D eigenvalue weighted by Gasteiger charge is 2.30. The second-order valence-electron chi connectivity index (χ2n) is 5.10. The number of carbonyl (C=O) groups is 2. The van der Waals surface area contributed by atoms with Crippen molar-refractivity contribution in [1.82, 2.24) is 14.9 Å². The van der Waals surface area contributed by atoms with E-state index in [9.17, 15) is 18.0 Å². The highest BCUT2D eigenvalue weighted by atomic mass is 32.2. The first-order valence-electron chi connectivity index (χ1n) is 6.41. The molecule has 0 aromatic carbocycles. The summed E-state index contributed by atoms with van der Waals surface area (Å²) in [6.07, 6.45) is 3.34. The van der Waals surface area contributed by atoms with Gasteiger partial charge in [0.15, 0.2) is 0 Å². The first-order chi connectivity index (χ1) is 8.86. The van der Waals surface area contributed by atoms with Gasteiger partial charge in [-0.05, 0) is 19.3 Å². The van der Waals surface area contributed by atoms with Crippen LogP contribution in [-0.4, -0.2) is 56.0 Å². The summed E-state index contributed by atoms with van der Waals surface area (Å²) in [7, 11) is -3.14. The minimum Gasteiger partial charge on any atom is -0.351 e. The van der Waals surface area contributed by atoms with Gasteiger partial charge in [0.25, 0.3) is 0 Å². The van der Waals surface area contributed by atoms with Gasteiger partial charge in [0, 0.05) is 25.6 Å². The maximum Gasteiger partial charge on any atom is 0.242 e. The van der Waals surface area contributed by atoms with Crippen LogP contribution in [0.1, 0.15) is 25.7 Å². The lowest BCUT2D eigenvalue weighted by atomic mass is 10.1. The number of piperidine rings is 1. The molecule has 2 amide bonds. The normalized spacial score (nSPS) is 26.2. The Morgan fingerprint density at radius 3 is 2.42 bits per heavy atom. The second kappa shape index (κ2) is 5.46. The van der Waals surface area contributed by atoms with Crippen molar-refractivity contribution in [3.05, 3.63) is 0 Å². The Morgan fingerprint density at radius 1 is 1.32 bits per heavy atom. The molecule has 108 valence electrons. The summed E-state index contributed by atoms with van der Waals surface area (Å²) in [6.45, 7) is 0.863. The molecule has 0 saturated carbocycles. The Labute approximate surface area is 112 Å². The Bertz CT molecular complexity index is 468. The third-order valence-corrected chi connectivity index (χ3v) is 4.88. The van der Waals surface area contributed by atoms with Crippen LogP contribution in [-0.2, 0) is 19.6 Å². The molecule has 0 aromatic heterocycles. The highest BCUT2D eigenvalue weighted by molar-refractivity contribution is 7.88. The van der Waals surface area contributed by atoms with E-state index >= 15 is 0 Å². The van der Waals surface area contributed by atoms with Crippen LogP contribution in [0.15, 0.2) is 0 Å². The second-order valence-corrected chi connectivity index (χ2v) is 7.09. The third-order valence-electron chi connectivity index (χ3n) is 3.58. The fraction of sp³-hybridized carbons (Fsp3) is 0.818. The third kappa shape index (κ3) is 3.66. The lowest BCUT2D eigenvalue weighted by Crippen LogP contribution is -2.50. The molecule has 0 bridgehead atoms. The van der Waals surface area contributed by atoms with Gasteiger partial charge in [-0.1, -0.05) is 0 Å². The zero-order chi connectivity index (χ0) is 14.0. The molecule has 0 aliphatic carbocycles. The summed E-state index contributed by atoms with van der Waals surface area (Å²) in [6, 6.07) is -0.441. The molecule has 0 spiro atoms. The molecule has 2 aliphatic rings. The molecule has 2 aliphatic heterocycles. The van der Waals surface area contributed by atoms with Crippen molar-refractivity contribution in [2.75, 3.05) is 19.3 Å². The van der Waals surface area contributed by atoms with E-state index < -0.39 is 16.1 Å². The summed E-state index contributed by atoms with van der Waals surface area (Å²) < 4.78 is 24.1. The minimum atomic E-state index is -3.14. The van der Waals surface area contributed by atoms with E-state index in [1.807, 2.05) is 0 Å². The predicted molar refractivity (Wildman–Crippen MR) is 68.7 cm³/mol. The van der Waals surface area contributed by atoms with Crippen molar-refractivity contribution in [2.45, 2.75) is 37.8 Å². The molecular formula is C11H19N3O4S. The Kier molecular flexibility index (Phi) is 4.10. The number of carbonyl (C=O) groups excluding carboxylic acids is 2. The van der Waals surface area contributed by atoms with Gasteiger partial charge in [0.05, 0.1) is 6.26 Å². The Balaban J connectivity index is 1.79. The maximum absolute atomic E-state index is 11.9. The van der Waals surface area contributed by atoms with Crippen molar-refractivity contribution in [3.8, 4) is 0 Å². The lowest BCUT2D eigenvalue weighted by Gasteiger charge is -2.31. The summed E-state index contributed by atoms with van der Waals surface area (Å²) in [4.78, 5) is 22.9. The summed E-state index contributed by atoms with van der Waals surface area (Å²) >= 11 is 0. The molecule has 2 heterocycles. The first kappa shape index (κ1) is 14.3. The van der Waals surface area contributed by atoms with Crippen LogP contribution in [0.25, 0.3) is 0 Å². The smallest absolute Gasteiger partial charge is 0.242 e. The quantitative estimate of drug-likeness (QED) is 0.682. The number of amides is 2. The Morgan fingerprint density at radius 2 is 1.95 bits per heavy atom. The molecule has 0 unspecified atom stereocenters. The first-order valence-corrected chi connectivity index (χ1v) is 8.26. The van der Waals surface area contributed by atoms with Gasteiger partial charge in [-0.2, -0.15) is 0 Å². The van der Waals surface area contributed by atoms with Gasteiger partial charge in [-0.15, -0.1) is 0 Å². The number of sulfonamides is 1. The van der Waals surface area contributed by atoms with Gasteiger partial charge < -0.3 is 10.6 Å². The molecule has 1 atom stereocenters. The van der Waals surface area contributed by atoms with E-state index in [4.69, 9.17) is 0 Å². The van der Waals surface area contributed by atoms with Crippen LogP contribution in [0.3, 0.4) is 0 Å². The van der Waals surface area contributed by atoms with Gasteiger partial charge in [-0.25, -0.2) is 12.7 Å². The van der Waals surface area contributed by atoms with Crippen LogP contribution in [0.2, 0.25) is 0 Å². The van der Waals surface area contributed by atoms with Crippen molar-refractivity contribution >= 4 is 21.8 Å². The van der Waals surface area contributed by atoms with Crippen LogP contribution < -0.4 is 10.6 Å². The zero-order valence-electron chi connectivity index (χ0n) is 10.9. The van der Waals surface area contributed by atoms with Gasteiger partial charge >= 0.3 is 0 Å². The van der Waals surface area contributed by atoms with Gasteiger partial charge in [0.1, 0.15) is 6.04 Å². The highest BCUT2D eigenvalue weighted by Crippen LogP contribution is 2.14. The average Bonchev–Trinajstić information content (AvgIpc) is 2.75. The van der Waals surface area contributed by atoms with Gasteiger partial charge in [0.2, 0.25) is 21.8 Å². The van der Waals surface area contributed by atoms with Crippen LogP contribution in [0, 0.1) is 0 Å². The number of hydrogen-bond acceptors (Lipinski definition) is 4. The molecule has 7 nitrogen and oxygen atoms in total. The van der Waals surface area contributed by atoms with Gasteiger partial charge in [-0.3, -0.25) is 9.59 Å². The number of hydrogen-bond donors (Lipinski definition) is 2. The molecule has 19 heavy (non-hydrogen) atoms. The van der Waals surface area contributed by atoms with Crippen molar-refractivity contribution in [1.29, 1.82) is 0 Å².